The van der Waals surface area contributed by atoms with Crippen LogP contribution in [0.1, 0.15) is 39.9 Å². The number of hydrogen-bond acceptors (Lipinski definition) is 4. The van der Waals surface area contributed by atoms with Crippen molar-refractivity contribution in [1.82, 2.24) is 20.0 Å². The first-order valence-electron chi connectivity index (χ1n) is 11.7. The number of fused-ring (bicyclic) bond motifs is 2. The van der Waals surface area contributed by atoms with E-state index < -0.39 is 0 Å². The fourth-order valence-corrected chi connectivity index (χ4v) is 4.66. The largest absolute Gasteiger partial charge is 0.352 e. The molecule has 0 atom stereocenters. The normalized spacial score (nSPS) is 15.8. The molecule has 3 heterocycles. The number of benzene rings is 2. The molecule has 0 spiro atoms. The molecule has 0 saturated carbocycles. The van der Waals surface area contributed by atoms with Crippen molar-refractivity contribution in [3.63, 3.8) is 0 Å². The maximum absolute atomic E-state index is 12.5. The van der Waals surface area contributed by atoms with Crippen LogP contribution in [0, 0.1) is 0 Å². The van der Waals surface area contributed by atoms with Crippen LogP contribution in [0.5, 0.6) is 0 Å². The van der Waals surface area contributed by atoms with Crippen LogP contribution in [0.3, 0.4) is 0 Å². The fourth-order valence-electron chi connectivity index (χ4n) is 4.66. The Hall–Kier alpha value is -3.45. The van der Waals surface area contributed by atoms with Crippen molar-refractivity contribution in [2.24, 2.45) is 0 Å². The van der Waals surface area contributed by atoms with Gasteiger partial charge in [-0.15, -0.1) is 0 Å². The van der Waals surface area contributed by atoms with Gasteiger partial charge in [-0.05, 0) is 41.7 Å². The average Bonchev–Trinajstić information content (AvgIpc) is 3.33. The minimum atomic E-state index is -0.0577. The molecule has 7 heteroatoms. The predicted octanol–water partition coefficient (Wildman–Crippen LogP) is 3.00. The minimum Gasteiger partial charge on any atom is -0.352 e. The Kier molecular flexibility index (Phi) is 6.21. The second-order valence-corrected chi connectivity index (χ2v) is 8.74. The Morgan fingerprint density at radius 2 is 1.79 bits per heavy atom. The van der Waals surface area contributed by atoms with E-state index in [2.05, 4.69) is 39.6 Å². The van der Waals surface area contributed by atoms with E-state index in [1.165, 1.54) is 11.1 Å². The zero-order chi connectivity index (χ0) is 22.6. The minimum absolute atomic E-state index is 0.0577. The van der Waals surface area contributed by atoms with Gasteiger partial charge in [-0.25, -0.2) is 4.68 Å². The smallest absolute Gasteiger partial charge is 0.251 e. The SMILES string of the molecule is O=C(NCCCN1CCc2ccccc2C1)c1ccc(CN2C(=O)CCn3nccc32)cc1. The first-order valence-corrected chi connectivity index (χ1v) is 11.7. The zero-order valence-electron chi connectivity index (χ0n) is 18.7. The molecule has 0 bridgehead atoms. The van der Waals surface area contributed by atoms with Crippen LogP contribution < -0.4 is 10.2 Å². The molecular weight excluding hydrogens is 414 g/mol. The van der Waals surface area contributed by atoms with E-state index >= 15 is 0 Å². The van der Waals surface area contributed by atoms with Crippen molar-refractivity contribution in [2.75, 3.05) is 24.5 Å². The van der Waals surface area contributed by atoms with Gasteiger partial charge in [0.25, 0.3) is 5.91 Å². The summed E-state index contributed by atoms with van der Waals surface area (Å²) in [6.07, 6.45) is 4.20. The number of hydrogen-bond donors (Lipinski definition) is 1. The molecular formula is C26H29N5O2. The van der Waals surface area contributed by atoms with Gasteiger partial charge >= 0.3 is 0 Å². The molecule has 5 rings (SSSR count). The Morgan fingerprint density at radius 3 is 2.64 bits per heavy atom. The lowest BCUT2D eigenvalue weighted by molar-refractivity contribution is -0.119. The number of nitrogens with zero attached hydrogens (tertiary/aromatic N) is 4. The summed E-state index contributed by atoms with van der Waals surface area (Å²) in [7, 11) is 0. The quantitative estimate of drug-likeness (QED) is 0.570. The van der Waals surface area contributed by atoms with Gasteiger partial charge in [0.2, 0.25) is 5.91 Å². The van der Waals surface area contributed by atoms with E-state index in [1.807, 2.05) is 35.0 Å². The van der Waals surface area contributed by atoms with Crippen molar-refractivity contribution in [3.05, 3.63) is 83.0 Å². The molecule has 0 saturated heterocycles. The van der Waals surface area contributed by atoms with Crippen LogP contribution in [0.4, 0.5) is 5.82 Å². The summed E-state index contributed by atoms with van der Waals surface area (Å²) < 4.78 is 1.85. The van der Waals surface area contributed by atoms with E-state index in [1.54, 1.807) is 11.1 Å². The van der Waals surface area contributed by atoms with Crippen LogP contribution in [-0.2, 0) is 30.8 Å². The molecule has 0 radical (unpaired) electrons. The first kappa shape index (κ1) is 21.4. The summed E-state index contributed by atoms with van der Waals surface area (Å²) in [5, 5.41) is 7.30. The number of carbonyl (C=O) groups excluding carboxylic acids is 2. The molecule has 3 aromatic rings. The summed E-state index contributed by atoms with van der Waals surface area (Å²) in [5.41, 5.74) is 4.50. The number of rotatable bonds is 7. The van der Waals surface area contributed by atoms with E-state index in [4.69, 9.17) is 0 Å². The molecule has 2 aliphatic rings. The maximum Gasteiger partial charge on any atom is 0.251 e. The lowest BCUT2D eigenvalue weighted by Gasteiger charge is -2.28. The van der Waals surface area contributed by atoms with Crippen LogP contribution >= 0.6 is 0 Å². The van der Waals surface area contributed by atoms with Gasteiger partial charge in [0.1, 0.15) is 5.82 Å². The van der Waals surface area contributed by atoms with Gasteiger partial charge in [-0.2, -0.15) is 5.10 Å². The third kappa shape index (κ3) is 4.83. The number of amides is 2. The van der Waals surface area contributed by atoms with Crippen molar-refractivity contribution in [2.45, 2.75) is 38.9 Å². The number of aromatic nitrogens is 2. The van der Waals surface area contributed by atoms with Crippen molar-refractivity contribution >= 4 is 17.6 Å². The third-order valence-corrected chi connectivity index (χ3v) is 6.51. The monoisotopic (exact) mass is 443 g/mol. The summed E-state index contributed by atoms with van der Waals surface area (Å²) in [6.45, 7) is 4.81. The lowest BCUT2D eigenvalue weighted by atomic mass is 10.00. The number of nitrogens with one attached hydrogen (secondary N) is 1. The number of anilines is 1. The highest BCUT2D eigenvalue weighted by Gasteiger charge is 2.24. The van der Waals surface area contributed by atoms with E-state index in [0.717, 1.165) is 43.9 Å². The molecule has 0 unspecified atom stereocenters. The molecule has 170 valence electrons. The summed E-state index contributed by atoms with van der Waals surface area (Å²) in [6, 6.07) is 18.0. The highest BCUT2D eigenvalue weighted by atomic mass is 16.2. The van der Waals surface area contributed by atoms with Gasteiger partial charge < -0.3 is 5.32 Å². The molecule has 7 nitrogen and oxygen atoms in total. The molecule has 0 fully saturated rings. The molecule has 0 aliphatic carbocycles. The Labute approximate surface area is 194 Å². The standard InChI is InChI=1S/C26H29N5O2/c32-25-12-17-31-24(10-14-28-31)30(25)18-20-6-8-22(9-7-20)26(33)27-13-3-15-29-16-11-21-4-1-2-5-23(21)19-29/h1-2,4-10,14H,3,11-13,15-19H2,(H,27,33). The summed E-state index contributed by atoms with van der Waals surface area (Å²) >= 11 is 0. The molecule has 2 amide bonds. The van der Waals surface area contributed by atoms with E-state index in [9.17, 15) is 9.59 Å². The van der Waals surface area contributed by atoms with Gasteiger partial charge in [-0.1, -0.05) is 36.4 Å². The Bertz CT molecular complexity index is 1140. The Balaban J connectivity index is 1.09. The van der Waals surface area contributed by atoms with Crippen LogP contribution in [0.25, 0.3) is 0 Å². The second kappa shape index (κ2) is 9.58. The van der Waals surface area contributed by atoms with E-state index in [0.29, 0.717) is 31.6 Å². The van der Waals surface area contributed by atoms with Crippen LogP contribution in [0.2, 0.25) is 0 Å². The number of aryl methyl sites for hydroxylation is 1. The molecule has 2 aliphatic heterocycles. The van der Waals surface area contributed by atoms with Crippen molar-refractivity contribution in [3.8, 4) is 0 Å². The van der Waals surface area contributed by atoms with Gasteiger partial charge in [0, 0.05) is 44.2 Å². The highest BCUT2D eigenvalue weighted by molar-refractivity contribution is 5.95. The number of carbonyl (C=O) groups is 2. The second-order valence-electron chi connectivity index (χ2n) is 8.74. The van der Waals surface area contributed by atoms with Gasteiger partial charge in [0.15, 0.2) is 0 Å². The molecule has 1 N–H and O–H groups in total. The predicted molar refractivity (Wildman–Crippen MR) is 127 cm³/mol. The van der Waals surface area contributed by atoms with Crippen LogP contribution in [0.15, 0.2) is 60.8 Å². The molecule has 33 heavy (non-hydrogen) atoms. The van der Waals surface area contributed by atoms with Crippen LogP contribution in [-0.4, -0.2) is 46.1 Å². The summed E-state index contributed by atoms with van der Waals surface area (Å²) in [4.78, 5) is 29.1. The van der Waals surface area contributed by atoms with Crippen molar-refractivity contribution < 1.29 is 9.59 Å². The average molecular weight is 444 g/mol. The zero-order valence-corrected chi connectivity index (χ0v) is 18.7. The summed E-state index contributed by atoms with van der Waals surface area (Å²) in [5.74, 6) is 0.866. The Morgan fingerprint density at radius 1 is 0.970 bits per heavy atom. The highest BCUT2D eigenvalue weighted by Crippen LogP contribution is 2.23. The lowest BCUT2D eigenvalue weighted by Crippen LogP contribution is -2.37. The fraction of sp³-hybridized carbons (Fsp3) is 0.346. The van der Waals surface area contributed by atoms with Gasteiger partial charge in [0.05, 0.1) is 19.3 Å². The first-order chi connectivity index (χ1) is 16.2. The molecule has 2 aromatic carbocycles. The van der Waals surface area contributed by atoms with E-state index in [-0.39, 0.29) is 11.8 Å². The topological polar surface area (TPSA) is 70.5 Å². The third-order valence-electron chi connectivity index (χ3n) is 6.51. The van der Waals surface area contributed by atoms with Crippen molar-refractivity contribution in [1.29, 1.82) is 0 Å². The molecule has 1 aromatic heterocycles. The van der Waals surface area contributed by atoms with Gasteiger partial charge in [-0.3, -0.25) is 19.4 Å². The maximum atomic E-state index is 12.5.